The number of aromatic nitrogens is 3. The number of likely N-dealkylation sites (tertiary alicyclic amines) is 1. The fraction of sp³-hybridized carbons (Fsp3) is 0.308. The Morgan fingerprint density at radius 1 is 1.24 bits per heavy atom. The van der Waals surface area contributed by atoms with Gasteiger partial charge in [0.25, 0.3) is 0 Å². The van der Waals surface area contributed by atoms with Gasteiger partial charge in [-0.2, -0.15) is 15.6 Å². The second-order valence-corrected chi connectivity index (χ2v) is 9.70. The molecule has 4 aromatic rings. The molecule has 0 radical (unpaired) electrons. The molecule has 5 rings (SSSR count). The number of pyridine rings is 1. The van der Waals surface area contributed by atoms with Crippen LogP contribution >= 0.6 is 11.3 Å². The molecule has 0 aliphatic carbocycles. The number of nitrogens with two attached hydrogens (primary N) is 1. The van der Waals surface area contributed by atoms with Gasteiger partial charge >= 0.3 is 0 Å². The minimum Gasteiger partial charge on any atom is -0.471 e. The SMILES string of the molecule is CC(=NC1CCN(C#N)CC1)/C(=N\N)c1cc(OC(C)c2cccc3ncsc23)n2c(C#N)cnc2c1. The van der Waals surface area contributed by atoms with Crippen molar-refractivity contribution in [2.75, 3.05) is 13.1 Å². The number of hydrogen-bond acceptors (Lipinski definition) is 10. The van der Waals surface area contributed by atoms with Crippen LogP contribution in [0.25, 0.3) is 15.9 Å². The van der Waals surface area contributed by atoms with Crippen LogP contribution in [0, 0.1) is 22.8 Å². The van der Waals surface area contributed by atoms with Gasteiger partial charge in [0.2, 0.25) is 5.88 Å². The average Bonchev–Trinajstić information content (AvgIpc) is 3.56. The number of ether oxygens (including phenoxy) is 1. The van der Waals surface area contributed by atoms with Gasteiger partial charge in [0, 0.05) is 30.3 Å². The van der Waals surface area contributed by atoms with E-state index < -0.39 is 0 Å². The Morgan fingerprint density at radius 3 is 2.78 bits per heavy atom. The largest absolute Gasteiger partial charge is 0.471 e. The number of nitrogens with zero attached hydrogens (tertiary/aromatic N) is 8. The van der Waals surface area contributed by atoms with E-state index in [-0.39, 0.29) is 12.1 Å². The predicted molar refractivity (Wildman–Crippen MR) is 143 cm³/mol. The molecule has 1 saturated heterocycles. The van der Waals surface area contributed by atoms with E-state index in [9.17, 15) is 5.26 Å². The number of hydrazone groups is 1. The lowest BCUT2D eigenvalue weighted by atomic mass is 10.0. The van der Waals surface area contributed by atoms with E-state index in [2.05, 4.69) is 27.3 Å². The van der Waals surface area contributed by atoms with Crippen molar-refractivity contribution in [1.29, 1.82) is 10.5 Å². The van der Waals surface area contributed by atoms with E-state index in [1.807, 2.05) is 49.7 Å². The van der Waals surface area contributed by atoms with Crippen molar-refractivity contribution in [3.8, 4) is 18.1 Å². The van der Waals surface area contributed by atoms with Crippen LogP contribution in [0.15, 0.2) is 52.1 Å². The molecule has 0 saturated carbocycles. The summed E-state index contributed by atoms with van der Waals surface area (Å²) in [5, 5.41) is 22.9. The lowest BCUT2D eigenvalue weighted by Gasteiger charge is -2.26. The molecule has 3 aromatic heterocycles. The summed E-state index contributed by atoms with van der Waals surface area (Å²) in [6.45, 7) is 5.22. The third-order valence-corrected chi connectivity index (χ3v) is 7.43. The first-order chi connectivity index (χ1) is 18.0. The van der Waals surface area contributed by atoms with Crippen LogP contribution in [0.1, 0.15) is 49.6 Å². The summed E-state index contributed by atoms with van der Waals surface area (Å²) in [6.07, 6.45) is 4.98. The van der Waals surface area contributed by atoms with Gasteiger partial charge < -0.3 is 15.5 Å². The number of rotatable bonds is 6. The molecule has 1 atom stereocenters. The summed E-state index contributed by atoms with van der Waals surface area (Å²) in [4.78, 5) is 15.4. The summed E-state index contributed by atoms with van der Waals surface area (Å²) in [7, 11) is 0. The number of thiazole rings is 1. The first-order valence-electron chi connectivity index (χ1n) is 11.9. The second kappa shape index (κ2) is 10.2. The van der Waals surface area contributed by atoms with Crippen LogP contribution in [-0.4, -0.2) is 49.8 Å². The van der Waals surface area contributed by atoms with Crippen molar-refractivity contribution in [1.82, 2.24) is 19.3 Å². The van der Waals surface area contributed by atoms with Crippen LogP contribution in [0.3, 0.4) is 0 Å². The standard InChI is InChI=1S/C26H25N9OS/c1-16(32-19-6-8-34(14-28)9-7-19)25(33-29)18-10-23-30-13-20(12-27)35(23)24(11-18)36-17(2)21-4-3-5-22-26(21)37-15-31-22/h3-5,10-11,13,15,17,19H,6-9,29H2,1-2H3/b32-16?,33-25+. The van der Waals surface area contributed by atoms with Crippen LogP contribution in [0.4, 0.5) is 0 Å². The molecule has 0 bridgehead atoms. The Balaban J connectivity index is 1.51. The van der Waals surface area contributed by atoms with Gasteiger partial charge in [0.05, 0.1) is 33.7 Å². The quantitative estimate of drug-likeness (QED) is 0.178. The minimum absolute atomic E-state index is 0.0948. The van der Waals surface area contributed by atoms with E-state index >= 15 is 0 Å². The van der Waals surface area contributed by atoms with Gasteiger partial charge in [-0.05, 0) is 38.8 Å². The van der Waals surface area contributed by atoms with Crippen molar-refractivity contribution in [3.63, 3.8) is 0 Å². The highest BCUT2D eigenvalue weighted by Crippen LogP contribution is 2.31. The summed E-state index contributed by atoms with van der Waals surface area (Å²) in [5.74, 6) is 6.30. The third-order valence-electron chi connectivity index (χ3n) is 6.54. The molecule has 1 aliphatic rings. The van der Waals surface area contributed by atoms with Crippen LogP contribution in [0.5, 0.6) is 5.88 Å². The average molecular weight is 512 g/mol. The smallest absolute Gasteiger partial charge is 0.201 e. The molecule has 37 heavy (non-hydrogen) atoms. The first-order valence-corrected chi connectivity index (χ1v) is 12.8. The number of benzene rings is 1. The summed E-state index contributed by atoms with van der Waals surface area (Å²) in [5.41, 5.74) is 6.56. The Hall–Kier alpha value is -4.48. The molecule has 1 unspecified atom stereocenters. The van der Waals surface area contributed by atoms with Gasteiger partial charge in [-0.1, -0.05) is 12.1 Å². The molecular formula is C26H25N9OS. The zero-order chi connectivity index (χ0) is 25.9. The predicted octanol–water partition coefficient (Wildman–Crippen LogP) is 4.02. The minimum atomic E-state index is -0.324. The van der Waals surface area contributed by atoms with Gasteiger partial charge in [-0.25, -0.2) is 9.97 Å². The lowest BCUT2D eigenvalue weighted by Crippen LogP contribution is -2.32. The fourth-order valence-corrected chi connectivity index (χ4v) is 5.54. The van der Waals surface area contributed by atoms with Crippen molar-refractivity contribution in [2.45, 2.75) is 38.8 Å². The zero-order valence-electron chi connectivity index (χ0n) is 20.5. The third kappa shape index (κ3) is 4.69. The van der Waals surface area contributed by atoms with E-state index in [1.165, 1.54) is 6.20 Å². The molecule has 1 aromatic carbocycles. The number of hydrogen-bond donors (Lipinski definition) is 1. The lowest BCUT2D eigenvalue weighted by molar-refractivity contribution is 0.216. The van der Waals surface area contributed by atoms with E-state index in [0.29, 0.717) is 47.3 Å². The monoisotopic (exact) mass is 511 g/mol. The van der Waals surface area contributed by atoms with Crippen molar-refractivity contribution in [2.24, 2.45) is 15.9 Å². The van der Waals surface area contributed by atoms with Crippen LogP contribution in [0.2, 0.25) is 0 Å². The van der Waals surface area contributed by atoms with Crippen molar-refractivity contribution < 1.29 is 4.74 Å². The molecule has 1 aliphatic heterocycles. The highest BCUT2D eigenvalue weighted by atomic mass is 32.1. The maximum Gasteiger partial charge on any atom is 0.201 e. The number of fused-ring (bicyclic) bond motifs is 2. The van der Waals surface area contributed by atoms with Crippen LogP contribution < -0.4 is 10.6 Å². The number of aliphatic imine (C=N–C) groups is 1. The maximum atomic E-state index is 9.69. The molecule has 2 N–H and O–H groups in total. The molecular weight excluding hydrogens is 486 g/mol. The van der Waals surface area contributed by atoms with Gasteiger partial charge in [-0.3, -0.25) is 9.39 Å². The molecule has 10 nitrogen and oxygen atoms in total. The Morgan fingerprint density at radius 2 is 2.05 bits per heavy atom. The molecule has 0 amide bonds. The fourth-order valence-electron chi connectivity index (χ4n) is 4.66. The Labute approximate surface area is 218 Å². The highest BCUT2D eigenvalue weighted by molar-refractivity contribution is 7.17. The van der Waals surface area contributed by atoms with Crippen LogP contribution in [-0.2, 0) is 0 Å². The molecule has 0 spiro atoms. The Kier molecular flexibility index (Phi) is 6.71. The second-order valence-electron chi connectivity index (χ2n) is 8.85. The summed E-state index contributed by atoms with van der Waals surface area (Å²) in [6, 6.07) is 11.9. The number of nitriles is 2. The molecule has 1 fully saturated rings. The maximum absolute atomic E-state index is 9.69. The normalized spacial score (nSPS) is 16.1. The van der Waals surface area contributed by atoms with Crippen molar-refractivity contribution in [3.05, 3.63) is 58.9 Å². The number of piperidine rings is 1. The van der Waals surface area contributed by atoms with Gasteiger partial charge in [0.1, 0.15) is 29.2 Å². The van der Waals surface area contributed by atoms with Gasteiger partial charge in [-0.15, -0.1) is 11.3 Å². The Bertz CT molecular complexity index is 1600. The molecule has 186 valence electrons. The van der Waals surface area contributed by atoms with E-state index in [0.717, 1.165) is 28.6 Å². The van der Waals surface area contributed by atoms with Gasteiger partial charge in [0.15, 0.2) is 6.19 Å². The highest BCUT2D eigenvalue weighted by Gasteiger charge is 2.21. The molecule has 11 heteroatoms. The van der Waals surface area contributed by atoms with E-state index in [4.69, 9.17) is 20.8 Å². The zero-order valence-corrected chi connectivity index (χ0v) is 21.3. The first kappa shape index (κ1) is 24.2. The topological polar surface area (TPSA) is 141 Å². The number of imidazole rings is 1. The molecule has 4 heterocycles. The summed E-state index contributed by atoms with van der Waals surface area (Å²) >= 11 is 1.56. The van der Waals surface area contributed by atoms with E-state index in [1.54, 1.807) is 20.6 Å². The summed E-state index contributed by atoms with van der Waals surface area (Å²) < 4.78 is 9.20. The van der Waals surface area contributed by atoms with Crippen molar-refractivity contribution >= 4 is 38.6 Å².